The van der Waals surface area contributed by atoms with Crippen molar-refractivity contribution in [2.45, 2.75) is 6.42 Å². The zero-order chi connectivity index (χ0) is 18.1. The Hall–Kier alpha value is -3.41. The first-order chi connectivity index (χ1) is 12.6. The van der Waals surface area contributed by atoms with Gasteiger partial charge in [0.05, 0.1) is 5.56 Å². The van der Waals surface area contributed by atoms with Gasteiger partial charge in [0, 0.05) is 40.7 Å². The molecule has 0 unspecified atom stereocenters. The molecule has 26 heavy (non-hydrogen) atoms. The Morgan fingerprint density at radius 3 is 2.62 bits per heavy atom. The second kappa shape index (κ2) is 6.48. The maximum absolute atomic E-state index is 13.4. The van der Waals surface area contributed by atoms with Crippen molar-refractivity contribution >= 4 is 33.5 Å². The summed E-state index contributed by atoms with van der Waals surface area (Å²) in [4.78, 5) is 30.6. The largest absolute Gasteiger partial charge is 0.361 e. The minimum Gasteiger partial charge on any atom is -0.361 e. The lowest BCUT2D eigenvalue weighted by molar-refractivity contribution is -0.116. The SMILES string of the molecule is O=C(NCCc1c[nH]c2ccccc12)C(=O)c1c[nH]c2ccc(F)cc12. The van der Waals surface area contributed by atoms with Crippen molar-refractivity contribution in [3.8, 4) is 0 Å². The van der Waals surface area contributed by atoms with Crippen LogP contribution in [0.2, 0.25) is 0 Å². The van der Waals surface area contributed by atoms with Crippen molar-refractivity contribution in [3.63, 3.8) is 0 Å². The summed E-state index contributed by atoms with van der Waals surface area (Å²) in [6, 6.07) is 12.0. The molecular weight excluding hydrogens is 333 g/mol. The van der Waals surface area contributed by atoms with Gasteiger partial charge in [0.1, 0.15) is 5.82 Å². The number of rotatable bonds is 5. The molecule has 0 saturated heterocycles. The van der Waals surface area contributed by atoms with Gasteiger partial charge in [-0.1, -0.05) is 18.2 Å². The number of fused-ring (bicyclic) bond motifs is 2. The van der Waals surface area contributed by atoms with Crippen molar-refractivity contribution in [2.24, 2.45) is 0 Å². The third-order valence-corrected chi connectivity index (χ3v) is 4.45. The topological polar surface area (TPSA) is 77.8 Å². The van der Waals surface area contributed by atoms with Crippen LogP contribution in [0.25, 0.3) is 21.8 Å². The van der Waals surface area contributed by atoms with Crippen LogP contribution < -0.4 is 5.32 Å². The van der Waals surface area contributed by atoms with Crippen LogP contribution in [0.4, 0.5) is 4.39 Å². The molecule has 0 radical (unpaired) electrons. The number of para-hydroxylation sites is 1. The van der Waals surface area contributed by atoms with E-state index in [1.807, 2.05) is 30.5 Å². The molecule has 130 valence electrons. The Morgan fingerprint density at radius 2 is 1.73 bits per heavy atom. The fraction of sp³-hybridized carbons (Fsp3) is 0.100. The van der Waals surface area contributed by atoms with E-state index in [2.05, 4.69) is 15.3 Å². The first-order valence-electron chi connectivity index (χ1n) is 8.27. The maximum Gasteiger partial charge on any atom is 0.292 e. The number of carbonyl (C=O) groups is 2. The summed E-state index contributed by atoms with van der Waals surface area (Å²) in [7, 11) is 0. The lowest BCUT2D eigenvalue weighted by atomic mass is 10.1. The van der Waals surface area contributed by atoms with E-state index in [0.717, 1.165) is 16.5 Å². The van der Waals surface area contributed by atoms with Gasteiger partial charge in [-0.25, -0.2) is 4.39 Å². The summed E-state index contributed by atoms with van der Waals surface area (Å²) in [6.07, 6.45) is 3.94. The molecule has 0 bridgehead atoms. The molecule has 0 aliphatic rings. The molecule has 0 aliphatic heterocycles. The molecule has 2 aromatic carbocycles. The highest BCUT2D eigenvalue weighted by molar-refractivity contribution is 6.44. The number of hydrogen-bond donors (Lipinski definition) is 3. The van der Waals surface area contributed by atoms with Crippen LogP contribution >= 0.6 is 0 Å². The van der Waals surface area contributed by atoms with Gasteiger partial charge >= 0.3 is 0 Å². The van der Waals surface area contributed by atoms with E-state index in [9.17, 15) is 14.0 Å². The molecular formula is C20H16FN3O2. The third kappa shape index (κ3) is 2.86. The summed E-state index contributed by atoms with van der Waals surface area (Å²) < 4.78 is 13.4. The molecule has 0 spiro atoms. The number of benzene rings is 2. The van der Waals surface area contributed by atoms with Gasteiger partial charge in [-0.3, -0.25) is 9.59 Å². The Balaban J connectivity index is 1.44. The highest BCUT2D eigenvalue weighted by Crippen LogP contribution is 2.20. The van der Waals surface area contributed by atoms with E-state index in [1.165, 1.54) is 24.4 Å². The number of H-pyrrole nitrogens is 2. The zero-order valence-electron chi connectivity index (χ0n) is 13.8. The van der Waals surface area contributed by atoms with Crippen LogP contribution in [0.3, 0.4) is 0 Å². The van der Waals surface area contributed by atoms with Crippen molar-refractivity contribution in [1.82, 2.24) is 15.3 Å². The monoisotopic (exact) mass is 349 g/mol. The molecule has 5 nitrogen and oxygen atoms in total. The van der Waals surface area contributed by atoms with Gasteiger partial charge in [0.15, 0.2) is 0 Å². The lowest BCUT2D eigenvalue weighted by Gasteiger charge is -2.04. The van der Waals surface area contributed by atoms with Gasteiger partial charge in [-0.2, -0.15) is 0 Å². The quantitative estimate of drug-likeness (QED) is 0.382. The molecule has 0 saturated carbocycles. The minimum absolute atomic E-state index is 0.170. The number of ketones is 1. The molecule has 0 atom stereocenters. The summed E-state index contributed by atoms with van der Waals surface area (Å²) in [5.74, 6) is -1.83. The van der Waals surface area contributed by atoms with E-state index in [1.54, 1.807) is 0 Å². The molecule has 4 rings (SSSR count). The van der Waals surface area contributed by atoms with Crippen LogP contribution in [0, 0.1) is 5.82 Å². The molecule has 0 fully saturated rings. The predicted molar refractivity (Wildman–Crippen MR) is 97.6 cm³/mol. The molecule has 0 aliphatic carbocycles. The van der Waals surface area contributed by atoms with Crippen LogP contribution in [-0.2, 0) is 11.2 Å². The van der Waals surface area contributed by atoms with Crippen molar-refractivity contribution in [2.75, 3.05) is 6.54 Å². The summed E-state index contributed by atoms with van der Waals surface area (Å²) in [5, 5.41) is 4.14. The van der Waals surface area contributed by atoms with Crippen molar-refractivity contribution < 1.29 is 14.0 Å². The van der Waals surface area contributed by atoms with E-state index < -0.39 is 17.5 Å². The number of Topliss-reactive ketones (excluding diaryl/α,β-unsaturated/α-hetero) is 1. The van der Waals surface area contributed by atoms with E-state index in [0.29, 0.717) is 23.9 Å². The van der Waals surface area contributed by atoms with Crippen LogP contribution in [0.15, 0.2) is 54.9 Å². The number of carbonyl (C=O) groups excluding carboxylic acids is 2. The van der Waals surface area contributed by atoms with E-state index >= 15 is 0 Å². The van der Waals surface area contributed by atoms with Crippen molar-refractivity contribution in [3.05, 3.63) is 71.8 Å². The minimum atomic E-state index is -0.699. The second-order valence-corrected chi connectivity index (χ2v) is 6.09. The first kappa shape index (κ1) is 16.1. The summed E-state index contributed by atoms with van der Waals surface area (Å²) >= 11 is 0. The molecule has 2 aromatic heterocycles. The van der Waals surface area contributed by atoms with Gasteiger partial charge in [0.2, 0.25) is 0 Å². The van der Waals surface area contributed by atoms with Gasteiger partial charge < -0.3 is 15.3 Å². The molecule has 6 heteroatoms. The molecule has 4 aromatic rings. The number of aromatic amines is 2. The van der Waals surface area contributed by atoms with Gasteiger partial charge in [-0.15, -0.1) is 0 Å². The van der Waals surface area contributed by atoms with Crippen LogP contribution in [-0.4, -0.2) is 28.2 Å². The number of halogens is 1. The normalized spacial score (nSPS) is 11.1. The Kier molecular flexibility index (Phi) is 4.01. The number of amides is 1. The predicted octanol–water partition coefficient (Wildman–Crippen LogP) is 3.33. The van der Waals surface area contributed by atoms with Crippen LogP contribution in [0.5, 0.6) is 0 Å². The average Bonchev–Trinajstić information content (AvgIpc) is 3.25. The van der Waals surface area contributed by atoms with E-state index in [4.69, 9.17) is 0 Å². The zero-order valence-corrected chi connectivity index (χ0v) is 13.8. The second-order valence-electron chi connectivity index (χ2n) is 6.09. The Bertz CT molecular complexity index is 1130. The van der Waals surface area contributed by atoms with Crippen molar-refractivity contribution in [1.29, 1.82) is 0 Å². The van der Waals surface area contributed by atoms with Gasteiger partial charge in [0.25, 0.3) is 11.7 Å². The molecule has 1 amide bonds. The molecule has 3 N–H and O–H groups in total. The lowest BCUT2D eigenvalue weighted by Crippen LogP contribution is -2.32. The fourth-order valence-corrected chi connectivity index (χ4v) is 3.13. The number of nitrogens with one attached hydrogen (secondary N) is 3. The summed E-state index contributed by atoms with van der Waals surface area (Å²) in [5.41, 5.74) is 2.89. The smallest absolute Gasteiger partial charge is 0.292 e. The third-order valence-electron chi connectivity index (χ3n) is 4.45. The van der Waals surface area contributed by atoms with E-state index in [-0.39, 0.29) is 5.56 Å². The molecule has 2 heterocycles. The first-order valence-corrected chi connectivity index (χ1v) is 8.27. The van der Waals surface area contributed by atoms with Gasteiger partial charge in [-0.05, 0) is 36.2 Å². The maximum atomic E-state index is 13.4. The average molecular weight is 349 g/mol. The highest BCUT2D eigenvalue weighted by Gasteiger charge is 2.20. The summed E-state index contributed by atoms with van der Waals surface area (Å²) in [6.45, 7) is 0.336. The standard InChI is InChI=1S/C20H16FN3O2/c21-13-5-6-18-15(9-13)16(11-24-18)19(25)20(26)22-8-7-12-10-23-17-4-2-1-3-14(12)17/h1-6,9-11,23-24H,7-8H2,(H,22,26). The Labute approximate surface area is 148 Å². The Morgan fingerprint density at radius 1 is 0.962 bits per heavy atom. The number of aromatic nitrogens is 2. The fourth-order valence-electron chi connectivity index (χ4n) is 3.13. The van der Waals surface area contributed by atoms with Crippen LogP contribution in [0.1, 0.15) is 15.9 Å². The number of hydrogen-bond acceptors (Lipinski definition) is 2. The highest BCUT2D eigenvalue weighted by atomic mass is 19.1.